The molecule has 1 fully saturated rings. The predicted molar refractivity (Wildman–Crippen MR) is 113 cm³/mol. The number of thioether (sulfide) groups is 1. The fourth-order valence-corrected chi connectivity index (χ4v) is 4.79. The van der Waals surface area contributed by atoms with Crippen LogP contribution in [-0.2, 0) is 13.5 Å². The lowest BCUT2D eigenvalue weighted by Gasteiger charge is -2.16. The van der Waals surface area contributed by atoms with Crippen molar-refractivity contribution in [1.82, 2.24) is 24.6 Å². The van der Waals surface area contributed by atoms with Gasteiger partial charge in [0.15, 0.2) is 5.16 Å². The second-order valence-electron chi connectivity index (χ2n) is 7.44. The molecule has 1 amide bonds. The van der Waals surface area contributed by atoms with Gasteiger partial charge in [-0.05, 0) is 31.6 Å². The van der Waals surface area contributed by atoms with Gasteiger partial charge in [0, 0.05) is 43.2 Å². The molecule has 0 bridgehead atoms. The Morgan fingerprint density at radius 1 is 1.25 bits per heavy atom. The van der Waals surface area contributed by atoms with Crippen LogP contribution in [0.3, 0.4) is 0 Å². The molecular formula is C21H27N5OS. The van der Waals surface area contributed by atoms with Crippen molar-refractivity contribution in [3.63, 3.8) is 0 Å². The van der Waals surface area contributed by atoms with E-state index in [1.54, 1.807) is 11.8 Å². The molecule has 4 rings (SSSR count). The van der Waals surface area contributed by atoms with Gasteiger partial charge in [-0.3, -0.25) is 4.79 Å². The number of nitrogens with one attached hydrogen (secondary N) is 1. The largest absolute Gasteiger partial charge is 0.352 e. The normalized spacial score (nSPS) is 14.8. The molecule has 6 nitrogen and oxygen atoms in total. The zero-order chi connectivity index (χ0) is 19.5. The second kappa shape index (κ2) is 8.39. The third kappa shape index (κ3) is 3.68. The maximum absolute atomic E-state index is 12.6. The van der Waals surface area contributed by atoms with Gasteiger partial charge >= 0.3 is 0 Å². The number of nitrogens with zero attached hydrogens (tertiary/aromatic N) is 4. The van der Waals surface area contributed by atoms with Crippen molar-refractivity contribution in [2.45, 2.75) is 49.7 Å². The highest BCUT2D eigenvalue weighted by molar-refractivity contribution is 7.98. The molecule has 1 aliphatic rings. The van der Waals surface area contributed by atoms with E-state index in [4.69, 9.17) is 0 Å². The van der Waals surface area contributed by atoms with Crippen molar-refractivity contribution in [3.8, 4) is 0 Å². The summed E-state index contributed by atoms with van der Waals surface area (Å²) < 4.78 is 4.34. The first-order chi connectivity index (χ1) is 13.7. The summed E-state index contributed by atoms with van der Waals surface area (Å²) in [4.78, 5) is 12.6. The van der Waals surface area contributed by atoms with Gasteiger partial charge in [0.2, 0.25) is 0 Å². The maximum Gasteiger partial charge on any atom is 0.253 e. The van der Waals surface area contributed by atoms with Crippen LogP contribution < -0.4 is 5.32 Å². The first-order valence-corrected chi connectivity index (χ1v) is 11.2. The standard InChI is InChI=1S/C21H27N5OS/c1-25-14-17(16-10-5-6-11-18(16)25)20(27)22-13-7-12-19-23-24-21(28-2)26(19)15-8-3-4-9-15/h5-6,10-11,14-15H,3-4,7-9,12-13H2,1-2H3,(H,22,27). The monoisotopic (exact) mass is 397 g/mol. The molecule has 0 atom stereocenters. The number of aromatic nitrogens is 4. The van der Waals surface area contributed by atoms with Gasteiger partial charge in [-0.25, -0.2) is 0 Å². The van der Waals surface area contributed by atoms with Crippen molar-refractivity contribution < 1.29 is 4.79 Å². The van der Waals surface area contributed by atoms with Crippen molar-refractivity contribution in [2.24, 2.45) is 7.05 Å². The number of para-hydroxylation sites is 1. The fraction of sp³-hybridized carbons (Fsp3) is 0.476. The van der Waals surface area contributed by atoms with E-state index in [0.717, 1.165) is 40.3 Å². The molecule has 1 saturated carbocycles. The molecule has 3 aromatic rings. The van der Waals surface area contributed by atoms with Crippen molar-refractivity contribution >= 4 is 28.6 Å². The molecule has 0 saturated heterocycles. The molecule has 148 valence electrons. The molecule has 0 aliphatic heterocycles. The number of hydrogen-bond donors (Lipinski definition) is 1. The molecule has 2 aromatic heterocycles. The van der Waals surface area contributed by atoms with Gasteiger partial charge in [-0.1, -0.05) is 42.8 Å². The Bertz CT molecular complexity index is 970. The van der Waals surface area contributed by atoms with E-state index in [0.29, 0.717) is 12.6 Å². The third-order valence-corrected chi connectivity index (χ3v) is 6.26. The molecular weight excluding hydrogens is 370 g/mol. The van der Waals surface area contributed by atoms with E-state index in [1.165, 1.54) is 25.7 Å². The van der Waals surface area contributed by atoms with E-state index in [-0.39, 0.29) is 5.91 Å². The van der Waals surface area contributed by atoms with Gasteiger partial charge in [0.05, 0.1) is 5.56 Å². The first kappa shape index (κ1) is 19.1. The minimum absolute atomic E-state index is 0.0149. The van der Waals surface area contributed by atoms with Gasteiger partial charge in [-0.15, -0.1) is 10.2 Å². The minimum Gasteiger partial charge on any atom is -0.352 e. The maximum atomic E-state index is 12.6. The molecule has 28 heavy (non-hydrogen) atoms. The summed E-state index contributed by atoms with van der Waals surface area (Å²) in [5.74, 6) is 1.04. The SMILES string of the molecule is CSc1nnc(CCCNC(=O)c2cn(C)c3ccccc23)n1C1CCCC1. The van der Waals surface area contributed by atoms with Crippen LogP contribution >= 0.6 is 11.8 Å². The van der Waals surface area contributed by atoms with E-state index in [1.807, 2.05) is 42.1 Å². The number of carbonyl (C=O) groups is 1. The predicted octanol–water partition coefficient (Wildman–Crippen LogP) is 3.97. The van der Waals surface area contributed by atoms with Crippen LogP contribution in [-0.4, -0.2) is 38.0 Å². The average Bonchev–Trinajstić information content (AvgIpc) is 3.44. The number of carbonyl (C=O) groups excluding carboxylic acids is 1. The molecule has 1 N–H and O–H groups in total. The van der Waals surface area contributed by atoms with Crippen LogP contribution in [0.4, 0.5) is 0 Å². The van der Waals surface area contributed by atoms with Crippen LogP contribution in [0.25, 0.3) is 10.9 Å². The fourth-order valence-electron chi connectivity index (χ4n) is 4.21. The first-order valence-electron chi connectivity index (χ1n) is 9.99. The average molecular weight is 398 g/mol. The minimum atomic E-state index is -0.0149. The molecule has 0 radical (unpaired) electrons. The lowest BCUT2D eigenvalue weighted by atomic mass is 10.1. The highest BCUT2D eigenvalue weighted by Crippen LogP contribution is 2.33. The Balaban J connectivity index is 1.37. The topological polar surface area (TPSA) is 64.7 Å². The summed E-state index contributed by atoms with van der Waals surface area (Å²) >= 11 is 1.67. The quantitative estimate of drug-likeness (QED) is 0.484. The third-order valence-electron chi connectivity index (χ3n) is 5.61. The van der Waals surface area contributed by atoms with E-state index in [2.05, 4.69) is 26.3 Å². The smallest absolute Gasteiger partial charge is 0.253 e. The van der Waals surface area contributed by atoms with Crippen molar-refractivity contribution in [3.05, 3.63) is 41.9 Å². The highest BCUT2D eigenvalue weighted by Gasteiger charge is 2.23. The Morgan fingerprint density at radius 2 is 2.04 bits per heavy atom. The Labute approximate surface area is 169 Å². The molecule has 7 heteroatoms. The van der Waals surface area contributed by atoms with Crippen LogP contribution in [0.2, 0.25) is 0 Å². The summed E-state index contributed by atoms with van der Waals surface area (Å²) in [6.45, 7) is 0.633. The summed E-state index contributed by atoms with van der Waals surface area (Å²) in [7, 11) is 1.97. The van der Waals surface area contributed by atoms with E-state index < -0.39 is 0 Å². The Hall–Kier alpha value is -2.28. The van der Waals surface area contributed by atoms with Crippen LogP contribution in [0, 0.1) is 0 Å². The van der Waals surface area contributed by atoms with Crippen molar-refractivity contribution in [2.75, 3.05) is 12.8 Å². The zero-order valence-corrected chi connectivity index (χ0v) is 17.3. The molecule has 0 unspecified atom stereocenters. The zero-order valence-electron chi connectivity index (χ0n) is 16.5. The summed E-state index contributed by atoms with van der Waals surface area (Å²) in [5, 5.41) is 13.9. The summed E-state index contributed by atoms with van der Waals surface area (Å²) in [5.41, 5.74) is 1.80. The van der Waals surface area contributed by atoms with E-state index in [9.17, 15) is 4.79 Å². The molecule has 0 spiro atoms. The van der Waals surface area contributed by atoms with E-state index >= 15 is 0 Å². The highest BCUT2D eigenvalue weighted by atomic mass is 32.2. The van der Waals surface area contributed by atoms with Gasteiger partial charge < -0.3 is 14.5 Å². The second-order valence-corrected chi connectivity index (χ2v) is 8.21. The number of amides is 1. The Morgan fingerprint density at radius 3 is 2.82 bits per heavy atom. The number of benzene rings is 1. The van der Waals surface area contributed by atoms with Crippen LogP contribution in [0.15, 0.2) is 35.6 Å². The number of hydrogen-bond acceptors (Lipinski definition) is 4. The summed E-state index contributed by atoms with van der Waals surface area (Å²) in [6.07, 6.45) is 10.7. The van der Waals surface area contributed by atoms with Gasteiger partial charge in [0.25, 0.3) is 5.91 Å². The summed E-state index contributed by atoms with van der Waals surface area (Å²) in [6, 6.07) is 8.53. The number of aryl methyl sites for hydroxylation is 2. The number of rotatable bonds is 7. The number of fused-ring (bicyclic) bond motifs is 1. The molecule has 1 aliphatic carbocycles. The molecule has 2 heterocycles. The van der Waals surface area contributed by atoms with Gasteiger partial charge in [-0.2, -0.15) is 0 Å². The lowest BCUT2D eigenvalue weighted by Crippen LogP contribution is -2.25. The van der Waals surface area contributed by atoms with Crippen molar-refractivity contribution in [1.29, 1.82) is 0 Å². The Kier molecular flexibility index (Phi) is 5.71. The molecule has 1 aromatic carbocycles. The van der Waals surface area contributed by atoms with Crippen LogP contribution in [0.1, 0.15) is 54.3 Å². The lowest BCUT2D eigenvalue weighted by molar-refractivity contribution is 0.0954. The van der Waals surface area contributed by atoms with Gasteiger partial charge in [0.1, 0.15) is 5.82 Å². The van der Waals surface area contributed by atoms with Crippen LogP contribution in [0.5, 0.6) is 0 Å².